The first-order chi connectivity index (χ1) is 6.43. The first-order valence-electron chi connectivity index (χ1n) is 4.12. The van der Waals surface area contributed by atoms with Gasteiger partial charge in [0, 0.05) is 12.5 Å². The molecule has 14 heavy (non-hydrogen) atoms. The van der Waals surface area contributed by atoms with Crippen LogP contribution in [0.5, 0.6) is 0 Å². The summed E-state index contributed by atoms with van der Waals surface area (Å²) in [6.45, 7) is 4.66. The van der Waals surface area contributed by atoms with Crippen molar-refractivity contribution in [1.82, 2.24) is 0 Å². The van der Waals surface area contributed by atoms with Crippen LogP contribution in [0.1, 0.15) is 20.8 Å². The fourth-order valence-corrected chi connectivity index (χ4v) is 1.41. The van der Waals surface area contributed by atoms with E-state index in [9.17, 15) is 9.59 Å². The molecule has 0 saturated heterocycles. The molecule has 0 aromatic carbocycles. The minimum Gasteiger partial charge on any atom is -0.290 e. The van der Waals surface area contributed by atoms with Crippen molar-refractivity contribution in [2.24, 2.45) is 4.99 Å². The van der Waals surface area contributed by atoms with Crippen molar-refractivity contribution in [2.45, 2.75) is 20.8 Å². The summed E-state index contributed by atoms with van der Waals surface area (Å²) in [6.07, 6.45) is 1.43. The molecule has 1 amide bonds. The van der Waals surface area contributed by atoms with Gasteiger partial charge in [-0.1, -0.05) is 11.6 Å². The molecular weight excluding hydrogens is 202 g/mol. The van der Waals surface area contributed by atoms with E-state index in [1.807, 2.05) is 0 Å². The fourth-order valence-electron chi connectivity index (χ4n) is 1.13. The highest BCUT2D eigenvalue weighted by Gasteiger charge is 2.20. The summed E-state index contributed by atoms with van der Waals surface area (Å²) in [7, 11) is 0. The Balaban J connectivity index is 3.27. The Morgan fingerprint density at radius 1 is 1.43 bits per heavy atom. The van der Waals surface area contributed by atoms with Crippen molar-refractivity contribution in [3.8, 4) is 0 Å². The van der Waals surface area contributed by atoms with Gasteiger partial charge in [-0.15, -0.1) is 0 Å². The quantitative estimate of drug-likeness (QED) is 0.576. The number of ketones is 1. The Morgan fingerprint density at radius 3 is 2.50 bits per heavy atom. The van der Waals surface area contributed by atoms with Crippen LogP contribution in [-0.4, -0.2) is 17.4 Å². The number of carbonyl (C=O) groups is 2. The lowest BCUT2D eigenvalue weighted by Crippen LogP contribution is -2.15. The zero-order valence-electron chi connectivity index (χ0n) is 8.22. The van der Waals surface area contributed by atoms with E-state index in [2.05, 4.69) is 4.99 Å². The molecule has 1 aliphatic carbocycles. The largest absolute Gasteiger partial charge is 0.290 e. The number of carbonyl (C=O) groups excluding carboxylic acids is 2. The van der Waals surface area contributed by atoms with E-state index in [0.29, 0.717) is 16.9 Å². The van der Waals surface area contributed by atoms with Crippen molar-refractivity contribution < 1.29 is 9.59 Å². The van der Waals surface area contributed by atoms with E-state index in [0.717, 1.165) is 0 Å². The molecule has 0 aliphatic heterocycles. The van der Waals surface area contributed by atoms with Crippen molar-refractivity contribution in [1.29, 1.82) is 0 Å². The summed E-state index contributed by atoms with van der Waals surface area (Å²) in [5.41, 5.74) is 1.45. The molecular formula is C10H10ClNO2. The normalized spacial score (nSPS) is 20.1. The summed E-state index contributed by atoms with van der Waals surface area (Å²) < 4.78 is 0. The van der Waals surface area contributed by atoms with Crippen LogP contribution in [0.15, 0.2) is 27.2 Å². The molecule has 74 valence electrons. The lowest BCUT2D eigenvalue weighted by Gasteiger charge is -2.12. The van der Waals surface area contributed by atoms with Crippen molar-refractivity contribution in [3.05, 3.63) is 22.3 Å². The van der Waals surface area contributed by atoms with Crippen LogP contribution in [0.3, 0.4) is 0 Å². The predicted octanol–water partition coefficient (Wildman–Crippen LogP) is 2.02. The molecule has 0 aromatic heterocycles. The third-order valence-corrected chi connectivity index (χ3v) is 2.36. The number of halogens is 1. The van der Waals surface area contributed by atoms with Crippen LogP contribution in [0, 0.1) is 0 Å². The molecule has 0 fully saturated rings. The van der Waals surface area contributed by atoms with E-state index >= 15 is 0 Å². The van der Waals surface area contributed by atoms with Crippen LogP contribution < -0.4 is 0 Å². The number of amides is 1. The van der Waals surface area contributed by atoms with E-state index in [1.165, 1.54) is 13.0 Å². The van der Waals surface area contributed by atoms with E-state index in [1.54, 1.807) is 13.8 Å². The monoisotopic (exact) mass is 211 g/mol. The molecule has 0 spiro atoms. The third kappa shape index (κ3) is 1.99. The minimum atomic E-state index is -0.326. The van der Waals surface area contributed by atoms with Crippen molar-refractivity contribution in [3.63, 3.8) is 0 Å². The zero-order chi connectivity index (χ0) is 10.9. The maximum Gasteiger partial charge on any atom is 0.243 e. The Hall–Kier alpha value is -1.22. The molecule has 4 heteroatoms. The number of hydrogen-bond acceptors (Lipinski definition) is 2. The Bertz CT molecular complexity index is 402. The van der Waals surface area contributed by atoms with Crippen LogP contribution in [0.25, 0.3) is 0 Å². The van der Waals surface area contributed by atoms with Gasteiger partial charge in [0.2, 0.25) is 5.91 Å². The SMILES string of the molecule is CC(=O)N=C1C(C)=CC(=O)C(C)=C1Cl. The summed E-state index contributed by atoms with van der Waals surface area (Å²) in [5, 5.41) is 0.269. The molecule has 0 saturated carbocycles. The number of rotatable bonds is 0. The number of hydrogen-bond donors (Lipinski definition) is 0. The molecule has 3 nitrogen and oxygen atoms in total. The number of allylic oxidation sites excluding steroid dienone is 4. The fraction of sp³-hybridized carbons (Fsp3) is 0.300. The van der Waals surface area contributed by atoms with Gasteiger partial charge in [0.1, 0.15) is 0 Å². The second-order valence-electron chi connectivity index (χ2n) is 3.11. The standard InChI is InChI=1S/C10H10ClNO2/c1-5-4-8(14)6(2)9(11)10(5)12-7(3)13/h4H,1-3H3. The lowest BCUT2D eigenvalue weighted by molar-refractivity contribution is -0.115. The predicted molar refractivity (Wildman–Crippen MR) is 55.4 cm³/mol. The summed E-state index contributed by atoms with van der Waals surface area (Å²) in [5.74, 6) is -0.456. The third-order valence-electron chi connectivity index (χ3n) is 1.90. The van der Waals surface area contributed by atoms with Crippen LogP contribution in [0.2, 0.25) is 0 Å². The van der Waals surface area contributed by atoms with Gasteiger partial charge in [-0.25, -0.2) is 4.99 Å². The Labute approximate surface area is 87.2 Å². The van der Waals surface area contributed by atoms with Crippen LogP contribution in [-0.2, 0) is 9.59 Å². The lowest BCUT2D eigenvalue weighted by atomic mass is 9.98. The van der Waals surface area contributed by atoms with Crippen LogP contribution in [0.4, 0.5) is 0 Å². The average molecular weight is 212 g/mol. The molecule has 1 aliphatic rings. The first kappa shape index (κ1) is 10.9. The number of aliphatic imine (C=N–C) groups is 1. The Morgan fingerprint density at radius 2 is 2.00 bits per heavy atom. The van der Waals surface area contributed by atoms with Crippen LogP contribution >= 0.6 is 11.6 Å². The highest BCUT2D eigenvalue weighted by atomic mass is 35.5. The van der Waals surface area contributed by atoms with Crippen molar-refractivity contribution >= 4 is 29.0 Å². The maximum absolute atomic E-state index is 11.3. The molecule has 0 atom stereocenters. The average Bonchev–Trinajstić information content (AvgIpc) is 2.09. The van der Waals surface area contributed by atoms with E-state index in [-0.39, 0.29) is 16.7 Å². The molecule has 0 bridgehead atoms. The molecule has 0 unspecified atom stereocenters. The second kappa shape index (κ2) is 3.88. The summed E-state index contributed by atoms with van der Waals surface area (Å²) in [4.78, 5) is 25.8. The van der Waals surface area contributed by atoms with Crippen molar-refractivity contribution in [2.75, 3.05) is 0 Å². The zero-order valence-corrected chi connectivity index (χ0v) is 8.97. The van der Waals surface area contributed by atoms with Gasteiger partial charge in [0.25, 0.3) is 0 Å². The summed E-state index contributed by atoms with van der Waals surface area (Å²) in [6, 6.07) is 0. The highest BCUT2D eigenvalue weighted by Crippen LogP contribution is 2.22. The molecule has 0 aromatic rings. The highest BCUT2D eigenvalue weighted by molar-refractivity contribution is 6.50. The summed E-state index contributed by atoms with van der Waals surface area (Å²) >= 11 is 5.90. The van der Waals surface area contributed by atoms with E-state index < -0.39 is 0 Å². The first-order valence-corrected chi connectivity index (χ1v) is 4.50. The van der Waals surface area contributed by atoms with Gasteiger partial charge >= 0.3 is 0 Å². The minimum absolute atomic E-state index is 0.130. The maximum atomic E-state index is 11.3. The van der Waals surface area contributed by atoms with Gasteiger partial charge < -0.3 is 0 Å². The van der Waals surface area contributed by atoms with Gasteiger partial charge in [-0.3, -0.25) is 9.59 Å². The van der Waals surface area contributed by atoms with Gasteiger partial charge in [-0.2, -0.15) is 0 Å². The second-order valence-corrected chi connectivity index (χ2v) is 3.49. The molecule has 1 rings (SSSR count). The number of nitrogens with zero attached hydrogens (tertiary/aromatic N) is 1. The molecule has 0 N–H and O–H groups in total. The molecule has 0 heterocycles. The Kier molecular flexibility index (Phi) is 3.01. The topological polar surface area (TPSA) is 46.5 Å². The smallest absolute Gasteiger partial charge is 0.243 e. The van der Waals surface area contributed by atoms with E-state index in [4.69, 9.17) is 11.6 Å². The van der Waals surface area contributed by atoms with Gasteiger partial charge in [-0.05, 0) is 25.5 Å². The molecule has 0 radical (unpaired) electrons. The van der Waals surface area contributed by atoms with Gasteiger partial charge in [0.05, 0.1) is 10.7 Å². The van der Waals surface area contributed by atoms with Gasteiger partial charge in [0.15, 0.2) is 5.78 Å².